The zero-order valence-corrected chi connectivity index (χ0v) is 15.3. The Balaban J connectivity index is 1.34. The molecular formula is C19H23N3O5. The fourth-order valence-electron chi connectivity index (χ4n) is 3.59. The van der Waals surface area contributed by atoms with Crippen molar-refractivity contribution < 1.29 is 23.9 Å². The third-order valence-corrected chi connectivity index (χ3v) is 5.50. The molecule has 1 aromatic carbocycles. The second-order valence-corrected chi connectivity index (χ2v) is 7.25. The topological polar surface area (TPSA) is 88.2 Å². The molecule has 0 bridgehead atoms. The number of fused-ring (bicyclic) bond motifs is 1. The molecule has 0 atom stereocenters. The number of hydrogen-bond acceptors (Lipinski definition) is 5. The van der Waals surface area contributed by atoms with Gasteiger partial charge < -0.3 is 24.6 Å². The first-order valence-electron chi connectivity index (χ1n) is 9.21. The predicted molar refractivity (Wildman–Crippen MR) is 94.9 cm³/mol. The molecule has 27 heavy (non-hydrogen) atoms. The molecule has 8 nitrogen and oxygen atoms in total. The van der Waals surface area contributed by atoms with Crippen LogP contribution in [-0.2, 0) is 20.9 Å². The minimum Gasteiger partial charge on any atom is -0.454 e. The van der Waals surface area contributed by atoms with E-state index in [0.29, 0.717) is 57.1 Å². The molecule has 3 aliphatic rings. The molecule has 2 heterocycles. The van der Waals surface area contributed by atoms with Gasteiger partial charge >= 0.3 is 0 Å². The maximum absolute atomic E-state index is 12.9. The van der Waals surface area contributed by atoms with Gasteiger partial charge in [-0.3, -0.25) is 14.4 Å². The quantitative estimate of drug-likeness (QED) is 0.777. The number of amides is 3. The number of piperazine rings is 1. The fraction of sp³-hybridized carbons (Fsp3) is 0.526. The van der Waals surface area contributed by atoms with Crippen LogP contribution in [0.5, 0.6) is 11.5 Å². The molecule has 0 aromatic heterocycles. The molecular weight excluding hydrogens is 350 g/mol. The van der Waals surface area contributed by atoms with E-state index in [4.69, 9.17) is 9.47 Å². The Hall–Kier alpha value is -2.77. The number of nitrogens with zero attached hydrogens (tertiary/aromatic N) is 2. The van der Waals surface area contributed by atoms with Crippen molar-refractivity contribution in [1.29, 1.82) is 0 Å². The van der Waals surface area contributed by atoms with Gasteiger partial charge in [-0.05, 0) is 30.5 Å². The minimum atomic E-state index is -0.936. The number of hydrogen-bond donors (Lipinski definition) is 1. The van der Waals surface area contributed by atoms with Crippen molar-refractivity contribution in [2.75, 3.05) is 33.0 Å². The molecule has 3 amide bonds. The highest BCUT2D eigenvalue weighted by Crippen LogP contribution is 2.47. The summed E-state index contributed by atoms with van der Waals surface area (Å²) >= 11 is 0. The Kier molecular flexibility index (Phi) is 4.41. The van der Waals surface area contributed by atoms with Crippen LogP contribution in [0.3, 0.4) is 0 Å². The lowest BCUT2D eigenvalue weighted by Crippen LogP contribution is -2.54. The number of ether oxygens (including phenoxy) is 2. The molecule has 1 aromatic rings. The second kappa shape index (κ2) is 6.75. The van der Waals surface area contributed by atoms with Crippen LogP contribution in [0, 0.1) is 5.41 Å². The molecule has 1 saturated carbocycles. The van der Waals surface area contributed by atoms with Gasteiger partial charge in [0, 0.05) is 39.6 Å². The van der Waals surface area contributed by atoms with Gasteiger partial charge in [0.15, 0.2) is 11.5 Å². The Morgan fingerprint density at radius 2 is 1.70 bits per heavy atom. The number of carbonyl (C=O) groups is 3. The Morgan fingerprint density at radius 1 is 1.04 bits per heavy atom. The standard InChI is InChI=1S/C19H23N3O5/c1-13(23)21-6-8-22(9-7-21)18(25)19(4-5-19)17(24)20-11-14-2-3-15-16(10-14)27-12-26-15/h2-3,10H,4-9,11-12H2,1H3,(H,20,24). The SMILES string of the molecule is CC(=O)N1CCN(C(=O)C2(C(=O)NCc3ccc4c(c3)OCO4)CC2)CC1. The maximum atomic E-state index is 12.9. The molecule has 8 heteroatoms. The van der Waals surface area contributed by atoms with Crippen LogP contribution in [0.2, 0.25) is 0 Å². The van der Waals surface area contributed by atoms with Crippen molar-refractivity contribution in [2.24, 2.45) is 5.41 Å². The van der Waals surface area contributed by atoms with Gasteiger partial charge in [0.25, 0.3) is 0 Å². The van der Waals surface area contributed by atoms with E-state index in [-0.39, 0.29) is 24.5 Å². The first-order chi connectivity index (χ1) is 13.0. The lowest BCUT2D eigenvalue weighted by atomic mass is 10.0. The largest absolute Gasteiger partial charge is 0.454 e. The Labute approximate surface area is 157 Å². The van der Waals surface area contributed by atoms with E-state index in [2.05, 4.69) is 5.32 Å². The van der Waals surface area contributed by atoms with Gasteiger partial charge in [0.1, 0.15) is 5.41 Å². The molecule has 0 radical (unpaired) electrons. The van der Waals surface area contributed by atoms with Gasteiger partial charge in [-0.25, -0.2) is 0 Å². The number of benzene rings is 1. The highest BCUT2D eigenvalue weighted by Gasteiger charge is 2.58. The number of rotatable bonds is 4. The van der Waals surface area contributed by atoms with Gasteiger partial charge in [0.05, 0.1) is 0 Å². The summed E-state index contributed by atoms with van der Waals surface area (Å²) in [5.41, 5.74) is -0.0414. The van der Waals surface area contributed by atoms with Crippen molar-refractivity contribution in [3.63, 3.8) is 0 Å². The van der Waals surface area contributed by atoms with Crippen molar-refractivity contribution in [3.8, 4) is 11.5 Å². The van der Waals surface area contributed by atoms with Gasteiger partial charge in [-0.1, -0.05) is 6.07 Å². The van der Waals surface area contributed by atoms with Crippen molar-refractivity contribution in [2.45, 2.75) is 26.3 Å². The molecule has 1 aliphatic carbocycles. The predicted octanol–water partition coefficient (Wildman–Crippen LogP) is 0.502. The average molecular weight is 373 g/mol. The van der Waals surface area contributed by atoms with Crippen molar-refractivity contribution in [3.05, 3.63) is 23.8 Å². The first-order valence-corrected chi connectivity index (χ1v) is 9.21. The van der Waals surface area contributed by atoms with Gasteiger partial charge in [-0.15, -0.1) is 0 Å². The second-order valence-electron chi connectivity index (χ2n) is 7.25. The van der Waals surface area contributed by atoms with Crippen LogP contribution < -0.4 is 14.8 Å². The van der Waals surface area contributed by atoms with E-state index < -0.39 is 5.41 Å². The van der Waals surface area contributed by atoms with Crippen LogP contribution in [-0.4, -0.2) is 60.5 Å². The van der Waals surface area contributed by atoms with E-state index in [1.165, 1.54) is 6.92 Å². The summed E-state index contributed by atoms with van der Waals surface area (Å²) in [7, 11) is 0. The average Bonchev–Trinajstić information content (AvgIpc) is 3.36. The van der Waals surface area contributed by atoms with Crippen LogP contribution in [0.4, 0.5) is 0 Å². The smallest absolute Gasteiger partial charge is 0.238 e. The van der Waals surface area contributed by atoms with Crippen LogP contribution in [0.15, 0.2) is 18.2 Å². The number of carbonyl (C=O) groups excluding carboxylic acids is 3. The summed E-state index contributed by atoms with van der Waals surface area (Å²) in [5.74, 6) is 1.05. The molecule has 144 valence electrons. The van der Waals surface area contributed by atoms with E-state index in [1.54, 1.807) is 9.80 Å². The monoisotopic (exact) mass is 373 g/mol. The van der Waals surface area contributed by atoms with Crippen LogP contribution in [0.1, 0.15) is 25.3 Å². The zero-order valence-electron chi connectivity index (χ0n) is 15.3. The lowest BCUT2D eigenvalue weighted by Gasteiger charge is -2.35. The molecule has 2 aliphatic heterocycles. The summed E-state index contributed by atoms with van der Waals surface area (Å²) in [6.45, 7) is 4.09. The third kappa shape index (κ3) is 3.31. The van der Waals surface area contributed by atoms with Gasteiger partial charge in [0.2, 0.25) is 24.5 Å². The maximum Gasteiger partial charge on any atom is 0.238 e. The molecule has 0 unspecified atom stereocenters. The van der Waals surface area contributed by atoms with Gasteiger partial charge in [-0.2, -0.15) is 0 Å². The normalized spacial score (nSPS) is 19.6. The Morgan fingerprint density at radius 3 is 2.37 bits per heavy atom. The first kappa shape index (κ1) is 17.6. The molecule has 1 saturated heterocycles. The molecule has 0 spiro atoms. The summed E-state index contributed by atoms with van der Waals surface area (Å²) in [5, 5.41) is 2.89. The highest BCUT2D eigenvalue weighted by atomic mass is 16.7. The van der Waals surface area contributed by atoms with E-state index in [9.17, 15) is 14.4 Å². The fourth-order valence-corrected chi connectivity index (χ4v) is 3.59. The lowest BCUT2D eigenvalue weighted by molar-refractivity contribution is -0.147. The zero-order chi connectivity index (χ0) is 19.0. The third-order valence-electron chi connectivity index (χ3n) is 5.50. The Bertz CT molecular complexity index is 782. The van der Waals surface area contributed by atoms with E-state index >= 15 is 0 Å². The summed E-state index contributed by atoms with van der Waals surface area (Å²) < 4.78 is 10.6. The van der Waals surface area contributed by atoms with Crippen LogP contribution in [0.25, 0.3) is 0 Å². The van der Waals surface area contributed by atoms with E-state index in [0.717, 1.165) is 5.56 Å². The summed E-state index contributed by atoms with van der Waals surface area (Å²) in [6, 6.07) is 5.53. The molecule has 2 fully saturated rings. The summed E-state index contributed by atoms with van der Waals surface area (Å²) in [4.78, 5) is 40.5. The molecule has 4 rings (SSSR count). The summed E-state index contributed by atoms with van der Waals surface area (Å²) in [6.07, 6.45) is 1.15. The molecule has 1 N–H and O–H groups in total. The van der Waals surface area contributed by atoms with Crippen LogP contribution >= 0.6 is 0 Å². The van der Waals surface area contributed by atoms with Crippen molar-refractivity contribution in [1.82, 2.24) is 15.1 Å². The minimum absolute atomic E-state index is 0.0182. The van der Waals surface area contributed by atoms with Crippen molar-refractivity contribution >= 4 is 17.7 Å². The van der Waals surface area contributed by atoms with E-state index in [1.807, 2.05) is 18.2 Å². The number of nitrogens with one attached hydrogen (secondary N) is 1. The highest BCUT2D eigenvalue weighted by molar-refractivity contribution is 6.07.